The Balaban J connectivity index is 1.86. The summed E-state index contributed by atoms with van der Waals surface area (Å²) in [7, 11) is 0. The van der Waals surface area contributed by atoms with Gasteiger partial charge in [-0.1, -0.05) is 18.2 Å². The Kier molecular flexibility index (Phi) is 5.51. The molecule has 0 spiro atoms. The molecule has 0 aliphatic rings. The van der Waals surface area contributed by atoms with Crippen molar-refractivity contribution in [2.24, 2.45) is 0 Å². The third kappa shape index (κ3) is 4.48. The second-order valence-electron chi connectivity index (χ2n) is 6.45. The molecule has 0 aliphatic heterocycles. The summed E-state index contributed by atoms with van der Waals surface area (Å²) >= 11 is 0. The highest BCUT2D eigenvalue weighted by molar-refractivity contribution is 5.21. The molecule has 25 heavy (non-hydrogen) atoms. The standard InChI is InChI=1S/C21H24N4/c1-16-7-4-10-22-19(16)13-25(14-20-17(2)8-5-11-23-20)15-21-18(3)9-6-12-24-21/h4-12H,13-15H2,1-3H3. The summed E-state index contributed by atoms with van der Waals surface area (Å²) in [4.78, 5) is 16.1. The molecular weight excluding hydrogens is 308 g/mol. The molecule has 0 saturated carbocycles. The Labute approximate surface area is 149 Å². The van der Waals surface area contributed by atoms with Gasteiger partial charge in [0, 0.05) is 38.2 Å². The average molecular weight is 332 g/mol. The summed E-state index contributed by atoms with van der Waals surface area (Å²) in [5.41, 5.74) is 6.94. The quantitative estimate of drug-likeness (QED) is 0.684. The maximum atomic E-state index is 4.56. The van der Waals surface area contributed by atoms with E-state index in [0.29, 0.717) is 0 Å². The zero-order valence-corrected chi connectivity index (χ0v) is 15.1. The number of rotatable bonds is 6. The third-order valence-electron chi connectivity index (χ3n) is 4.47. The molecule has 0 bridgehead atoms. The average Bonchev–Trinajstić information content (AvgIpc) is 2.61. The molecule has 0 aliphatic carbocycles. The number of aromatic nitrogens is 3. The van der Waals surface area contributed by atoms with E-state index in [2.05, 4.69) is 58.8 Å². The summed E-state index contributed by atoms with van der Waals surface area (Å²) in [6.07, 6.45) is 5.58. The minimum Gasteiger partial charge on any atom is -0.286 e. The smallest absolute Gasteiger partial charge is 0.0573 e. The van der Waals surface area contributed by atoms with Gasteiger partial charge in [0.1, 0.15) is 0 Å². The predicted octanol–water partition coefficient (Wildman–Crippen LogP) is 4.00. The molecule has 4 nitrogen and oxygen atoms in total. The van der Waals surface area contributed by atoms with Gasteiger partial charge in [-0.05, 0) is 55.7 Å². The van der Waals surface area contributed by atoms with E-state index >= 15 is 0 Å². The zero-order valence-electron chi connectivity index (χ0n) is 15.1. The summed E-state index contributed by atoms with van der Waals surface area (Å²) < 4.78 is 0. The van der Waals surface area contributed by atoms with Gasteiger partial charge in [-0.2, -0.15) is 0 Å². The molecule has 0 amide bonds. The van der Waals surface area contributed by atoms with Gasteiger partial charge in [0.2, 0.25) is 0 Å². The minimum atomic E-state index is 0.776. The van der Waals surface area contributed by atoms with E-state index in [9.17, 15) is 0 Å². The van der Waals surface area contributed by atoms with Gasteiger partial charge in [0.25, 0.3) is 0 Å². The normalized spacial score (nSPS) is 11.0. The molecule has 3 heterocycles. The highest BCUT2D eigenvalue weighted by Crippen LogP contribution is 2.16. The van der Waals surface area contributed by atoms with E-state index in [1.165, 1.54) is 16.7 Å². The monoisotopic (exact) mass is 332 g/mol. The van der Waals surface area contributed by atoms with Crippen LogP contribution in [0, 0.1) is 20.8 Å². The van der Waals surface area contributed by atoms with Crippen molar-refractivity contribution in [2.75, 3.05) is 0 Å². The Morgan fingerprint density at radius 3 is 1.20 bits per heavy atom. The molecular formula is C21H24N4. The number of nitrogens with zero attached hydrogens (tertiary/aromatic N) is 4. The molecule has 3 aromatic heterocycles. The van der Waals surface area contributed by atoms with Crippen LogP contribution < -0.4 is 0 Å². The Morgan fingerprint density at radius 1 is 0.600 bits per heavy atom. The molecule has 0 atom stereocenters. The fourth-order valence-electron chi connectivity index (χ4n) is 2.85. The molecule has 0 radical (unpaired) electrons. The van der Waals surface area contributed by atoms with Crippen molar-refractivity contribution >= 4 is 0 Å². The van der Waals surface area contributed by atoms with Crippen molar-refractivity contribution in [2.45, 2.75) is 40.4 Å². The predicted molar refractivity (Wildman–Crippen MR) is 99.9 cm³/mol. The Bertz CT molecular complexity index is 732. The zero-order chi connectivity index (χ0) is 17.6. The molecule has 3 rings (SSSR count). The lowest BCUT2D eigenvalue weighted by molar-refractivity contribution is 0.237. The van der Waals surface area contributed by atoms with Crippen LogP contribution in [0.15, 0.2) is 55.0 Å². The summed E-state index contributed by atoms with van der Waals surface area (Å²) in [5.74, 6) is 0. The van der Waals surface area contributed by atoms with Gasteiger partial charge in [-0.25, -0.2) is 0 Å². The first-order valence-corrected chi connectivity index (χ1v) is 8.57. The molecule has 128 valence electrons. The summed E-state index contributed by atoms with van der Waals surface area (Å²) in [6, 6.07) is 12.3. The van der Waals surface area contributed by atoms with Gasteiger partial charge in [-0.3, -0.25) is 19.9 Å². The van der Waals surface area contributed by atoms with Crippen molar-refractivity contribution < 1.29 is 0 Å². The fraction of sp³-hybridized carbons (Fsp3) is 0.286. The molecule has 4 heteroatoms. The van der Waals surface area contributed by atoms with E-state index in [1.54, 1.807) is 0 Å². The maximum Gasteiger partial charge on any atom is 0.0573 e. The lowest BCUT2D eigenvalue weighted by atomic mass is 10.1. The van der Waals surface area contributed by atoms with Gasteiger partial charge in [0.15, 0.2) is 0 Å². The number of hydrogen-bond acceptors (Lipinski definition) is 4. The number of pyridine rings is 3. The molecule has 3 aromatic rings. The highest BCUT2D eigenvalue weighted by atomic mass is 15.1. The largest absolute Gasteiger partial charge is 0.286 e. The number of hydrogen-bond donors (Lipinski definition) is 0. The van der Waals surface area contributed by atoms with Crippen molar-refractivity contribution in [3.63, 3.8) is 0 Å². The van der Waals surface area contributed by atoms with E-state index < -0.39 is 0 Å². The van der Waals surface area contributed by atoms with Crippen LogP contribution in [0.1, 0.15) is 33.8 Å². The highest BCUT2D eigenvalue weighted by Gasteiger charge is 2.14. The van der Waals surface area contributed by atoms with Gasteiger partial charge >= 0.3 is 0 Å². The first-order valence-electron chi connectivity index (χ1n) is 8.57. The molecule has 0 fully saturated rings. The topological polar surface area (TPSA) is 41.9 Å². The fourth-order valence-corrected chi connectivity index (χ4v) is 2.85. The van der Waals surface area contributed by atoms with Crippen LogP contribution in [-0.2, 0) is 19.6 Å². The third-order valence-corrected chi connectivity index (χ3v) is 4.47. The Hall–Kier alpha value is -2.59. The van der Waals surface area contributed by atoms with Gasteiger partial charge in [0.05, 0.1) is 17.1 Å². The van der Waals surface area contributed by atoms with Crippen LogP contribution in [0.3, 0.4) is 0 Å². The van der Waals surface area contributed by atoms with E-state index in [0.717, 1.165) is 36.7 Å². The van der Waals surface area contributed by atoms with Crippen LogP contribution >= 0.6 is 0 Å². The molecule has 0 saturated heterocycles. The van der Waals surface area contributed by atoms with E-state index in [-0.39, 0.29) is 0 Å². The van der Waals surface area contributed by atoms with Crippen molar-refractivity contribution in [3.05, 3.63) is 88.8 Å². The second-order valence-corrected chi connectivity index (χ2v) is 6.45. The van der Waals surface area contributed by atoms with Crippen LogP contribution in [0.25, 0.3) is 0 Å². The number of aryl methyl sites for hydroxylation is 3. The van der Waals surface area contributed by atoms with Gasteiger partial charge in [-0.15, -0.1) is 0 Å². The lowest BCUT2D eigenvalue weighted by Gasteiger charge is -2.23. The summed E-state index contributed by atoms with van der Waals surface area (Å²) in [5, 5.41) is 0. The molecule has 0 N–H and O–H groups in total. The van der Waals surface area contributed by atoms with E-state index in [1.807, 2.05) is 36.8 Å². The SMILES string of the molecule is Cc1cccnc1CN(Cc1ncccc1C)Cc1ncccc1C. The van der Waals surface area contributed by atoms with Crippen molar-refractivity contribution in [1.82, 2.24) is 19.9 Å². The van der Waals surface area contributed by atoms with Gasteiger partial charge < -0.3 is 0 Å². The maximum absolute atomic E-state index is 4.56. The second kappa shape index (κ2) is 7.99. The first-order chi connectivity index (χ1) is 12.1. The Morgan fingerprint density at radius 2 is 0.920 bits per heavy atom. The first kappa shape index (κ1) is 17.2. The van der Waals surface area contributed by atoms with Crippen molar-refractivity contribution in [1.29, 1.82) is 0 Å². The lowest BCUT2D eigenvalue weighted by Crippen LogP contribution is -2.25. The van der Waals surface area contributed by atoms with Crippen LogP contribution in [-0.4, -0.2) is 19.9 Å². The van der Waals surface area contributed by atoms with Crippen LogP contribution in [0.4, 0.5) is 0 Å². The van der Waals surface area contributed by atoms with E-state index in [4.69, 9.17) is 0 Å². The van der Waals surface area contributed by atoms with Crippen molar-refractivity contribution in [3.8, 4) is 0 Å². The molecule has 0 unspecified atom stereocenters. The minimum absolute atomic E-state index is 0.776. The van der Waals surface area contributed by atoms with Crippen LogP contribution in [0.2, 0.25) is 0 Å². The molecule has 0 aromatic carbocycles. The summed E-state index contributed by atoms with van der Waals surface area (Å²) in [6.45, 7) is 8.66. The van der Waals surface area contributed by atoms with Crippen LogP contribution in [0.5, 0.6) is 0 Å².